The Hall–Kier alpha value is -0.370. The maximum atomic E-state index is 12.3. The van der Waals surface area contributed by atoms with Crippen LogP contribution < -0.4 is 5.73 Å². The summed E-state index contributed by atoms with van der Waals surface area (Å²) in [5.74, 6) is 2.75. The Morgan fingerprint density at radius 3 is 2.70 bits per heavy atom. The van der Waals surface area contributed by atoms with Gasteiger partial charge in [0.25, 0.3) is 0 Å². The van der Waals surface area contributed by atoms with E-state index >= 15 is 0 Å². The quantitative estimate of drug-likeness (QED) is 0.661. The third-order valence-electron chi connectivity index (χ3n) is 3.06. The number of hydrogen-bond acceptors (Lipinski definition) is 5. The molecule has 0 amide bonds. The van der Waals surface area contributed by atoms with Crippen molar-refractivity contribution < 1.29 is 8.42 Å². The van der Waals surface area contributed by atoms with Gasteiger partial charge in [-0.25, -0.2) is 12.7 Å². The fourth-order valence-corrected chi connectivity index (χ4v) is 5.74. The van der Waals surface area contributed by atoms with Gasteiger partial charge in [0.2, 0.25) is 10.0 Å². The monoisotopic (exact) mass is 332 g/mol. The van der Waals surface area contributed by atoms with E-state index in [-0.39, 0.29) is 5.75 Å². The molecule has 0 unspecified atom stereocenters. The van der Waals surface area contributed by atoms with Gasteiger partial charge in [0.05, 0.1) is 5.75 Å². The number of hydrogen-bond donors (Lipinski definition) is 1. The minimum absolute atomic E-state index is 0.201. The molecule has 1 aliphatic heterocycles. The molecule has 0 radical (unpaired) electrons. The third-order valence-corrected chi connectivity index (χ3v) is 7.26. The number of rotatable bonds is 5. The average Bonchev–Trinajstić information content (AvgIpc) is 2.70. The summed E-state index contributed by atoms with van der Waals surface area (Å²) in [4.78, 5) is 1.06. The predicted molar refractivity (Wildman–Crippen MR) is 88.9 cm³/mol. The summed E-state index contributed by atoms with van der Waals surface area (Å²) in [7, 11) is -3.11. The maximum absolute atomic E-state index is 12.3. The molecule has 1 aromatic carbocycles. The van der Waals surface area contributed by atoms with Crippen molar-refractivity contribution in [3.8, 4) is 0 Å². The SMILES string of the molecule is Nc1ccc(SCCS(=O)(=O)N2CCCSCC2)cc1. The standard InChI is InChI=1S/C13H20N2O2S3/c14-12-2-4-13(5-3-12)19-10-11-20(16,17)15-6-1-8-18-9-7-15/h2-5H,1,6-11,14H2. The Kier molecular flexibility index (Phi) is 6.07. The third kappa shape index (κ3) is 4.87. The van der Waals surface area contributed by atoms with Crippen molar-refractivity contribution in [1.82, 2.24) is 4.31 Å². The number of nitrogen functional groups attached to an aromatic ring is 1. The largest absolute Gasteiger partial charge is 0.399 e. The second-order valence-electron chi connectivity index (χ2n) is 4.60. The van der Waals surface area contributed by atoms with Crippen molar-refractivity contribution in [2.45, 2.75) is 11.3 Å². The van der Waals surface area contributed by atoms with Gasteiger partial charge in [-0.1, -0.05) is 0 Å². The van der Waals surface area contributed by atoms with Crippen molar-refractivity contribution in [3.63, 3.8) is 0 Å². The van der Waals surface area contributed by atoms with Gasteiger partial charge in [-0.05, 0) is 36.4 Å². The number of sulfonamides is 1. The van der Waals surface area contributed by atoms with Crippen LogP contribution in [0.25, 0.3) is 0 Å². The van der Waals surface area contributed by atoms with Crippen LogP contribution in [-0.2, 0) is 10.0 Å². The lowest BCUT2D eigenvalue weighted by molar-refractivity contribution is 0.436. The Labute approximate surface area is 129 Å². The summed E-state index contributed by atoms with van der Waals surface area (Å²) in [6, 6.07) is 7.52. The lowest BCUT2D eigenvalue weighted by atomic mass is 10.3. The maximum Gasteiger partial charge on any atom is 0.214 e. The van der Waals surface area contributed by atoms with Crippen molar-refractivity contribution in [1.29, 1.82) is 0 Å². The molecule has 112 valence electrons. The number of benzene rings is 1. The van der Waals surface area contributed by atoms with Crippen LogP contribution >= 0.6 is 23.5 Å². The second-order valence-corrected chi connectivity index (χ2v) is 9.08. The molecular formula is C13H20N2O2S3. The highest BCUT2D eigenvalue weighted by molar-refractivity contribution is 8.00. The van der Waals surface area contributed by atoms with Crippen LogP contribution in [0.5, 0.6) is 0 Å². The summed E-state index contributed by atoms with van der Waals surface area (Å²) in [5, 5.41) is 0. The molecule has 20 heavy (non-hydrogen) atoms. The van der Waals surface area contributed by atoms with E-state index in [0.29, 0.717) is 18.8 Å². The van der Waals surface area contributed by atoms with Crippen molar-refractivity contribution in [2.75, 3.05) is 41.8 Å². The molecule has 0 aromatic heterocycles. The Morgan fingerprint density at radius 1 is 1.20 bits per heavy atom. The molecule has 7 heteroatoms. The Morgan fingerprint density at radius 2 is 1.95 bits per heavy atom. The Balaban J connectivity index is 1.84. The van der Waals surface area contributed by atoms with Gasteiger partial charge < -0.3 is 5.73 Å². The number of nitrogens with zero attached hydrogens (tertiary/aromatic N) is 1. The highest BCUT2D eigenvalue weighted by atomic mass is 32.2. The van der Waals surface area contributed by atoms with Gasteiger partial charge in [0, 0.05) is 35.2 Å². The average molecular weight is 333 g/mol. The molecule has 4 nitrogen and oxygen atoms in total. The topological polar surface area (TPSA) is 63.4 Å². The number of thioether (sulfide) groups is 2. The molecule has 1 aromatic rings. The van der Waals surface area contributed by atoms with E-state index < -0.39 is 10.0 Å². The lowest BCUT2D eigenvalue weighted by Gasteiger charge is -2.19. The zero-order valence-electron chi connectivity index (χ0n) is 11.3. The molecular weight excluding hydrogens is 312 g/mol. The fraction of sp³-hybridized carbons (Fsp3) is 0.538. The predicted octanol–water partition coefficient (Wildman–Crippen LogP) is 2.13. The first-order valence-electron chi connectivity index (χ1n) is 6.62. The minimum Gasteiger partial charge on any atom is -0.399 e. The van der Waals surface area contributed by atoms with Gasteiger partial charge in [0.1, 0.15) is 0 Å². The van der Waals surface area contributed by atoms with Crippen LogP contribution in [0, 0.1) is 0 Å². The van der Waals surface area contributed by atoms with E-state index in [9.17, 15) is 8.42 Å². The van der Waals surface area contributed by atoms with Crippen LogP contribution in [0.4, 0.5) is 5.69 Å². The second kappa shape index (κ2) is 7.59. The molecule has 0 atom stereocenters. The van der Waals surface area contributed by atoms with Crippen LogP contribution in [0.3, 0.4) is 0 Å². The summed E-state index contributed by atoms with van der Waals surface area (Å²) in [6.07, 6.45) is 0.953. The van der Waals surface area contributed by atoms with Crippen LogP contribution in [0.1, 0.15) is 6.42 Å². The van der Waals surface area contributed by atoms with E-state index in [1.54, 1.807) is 16.1 Å². The molecule has 0 bridgehead atoms. The van der Waals surface area contributed by atoms with Gasteiger partial charge >= 0.3 is 0 Å². The van der Waals surface area contributed by atoms with Gasteiger partial charge in [-0.2, -0.15) is 11.8 Å². The van der Waals surface area contributed by atoms with E-state index in [1.165, 1.54) is 0 Å². The first-order valence-corrected chi connectivity index (χ1v) is 10.4. The number of anilines is 1. The molecule has 1 heterocycles. The minimum atomic E-state index is -3.11. The lowest BCUT2D eigenvalue weighted by Crippen LogP contribution is -2.35. The van der Waals surface area contributed by atoms with Crippen LogP contribution in [0.15, 0.2) is 29.2 Å². The zero-order chi connectivity index (χ0) is 14.4. The summed E-state index contributed by atoms with van der Waals surface area (Å²) >= 11 is 3.39. The first-order chi connectivity index (χ1) is 9.58. The first kappa shape index (κ1) is 16.0. The molecule has 1 fully saturated rings. The van der Waals surface area contributed by atoms with E-state index in [2.05, 4.69) is 0 Å². The van der Waals surface area contributed by atoms with Gasteiger partial charge in [-0.15, -0.1) is 11.8 Å². The highest BCUT2D eigenvalue weighted by Crippen LogP contribution is 2.20. The van der Waals surface area contributed by atoms with Gasteiger partial charge in [0.15, 0.2) is 0 Å². The van der Waals surface area contributed by atoms with E-state index in [4.69, 9.17) is 5.73 Å². The Bertz CT molecular complexity index is 509. The summed E-state index contributed by atoms with van der Waals surface area (Å²) in [6.45, 7) is 1.32. The van der Waals surface area contributed by atoms with Crippen molar-refractivity contribution in [2.24, 2.45) is 0 Å². The van der Waals surface area contributed by atoms with Gasteiger partial charge in [-0.3, -0.25) is 0 Å². The fourth-order valence-electron chi connectivity index (χ4n) is 1.96. The molecule has 0 aliphatic carbocycles. The van der Waals surface area contributed by atoms with E-state index in [1.807, 2.05) is 36.0 Å². The highest BCUT2D eigenvalue weighted by Gasteiger charge is 2.22. The number of nitrogens with two attached hydrogens (primary N) is 1. The van der Waals surface area contributed by atoms with Crippen LogP contribution in [0.2, 0.25) is 0 Å². The summed E-state index contributed by atoms with van der Waals surface area (Å²) in [5.41, 5.74) is 6.35. The molecule has 0 spiro atoms. The molecule has 1 saturated heterocycles. The smallest absolute Gasteiger partial charge is 0.214 e. The van der Waals surface area contributed by atoms with Crippen molar-refractivity contribution >= 4 is 39.2 Å². The molecule has 0 saturated carbocycles. The molecule has 1 aliphatic rings. The summed E-state index contributed by atoms with van der Waals surface area (Å²) < 4.78 is 26.2. The van der Waals surface area contributed by atoms with E-state index in [0.717, 1.165) is 28.5 Å². The molecule has 2 N–H and O–H groups in total. The van der Waals surface area contributed by atoms with Crippen LogP contribution in [-0.4, -0.2) is 48.8 Å². The molecule has 2 rings (SSSR count). The van der Waals surface area contributed by atoms with Crippen molar-refractivity contribution in [3.05, 3.63) is 24.3 Å². The zero-order valence-corrected chi connectivity index (χ0v) is 13.8. The normalized spacial score (nSPS) is 17.8.